The van der Waals surface area contributed by atoms with Gasteiger partial charge < -0.3 is 14.7 Å². The first kappa shape index (κ1) is 11.2. The number of carbonyl (C=O) groups is 1. The Morgan fingerprint density at radius 2 is 2.17 bits per heavy atom. The third kappa shape index (κ3) is 4.96. The molecule has 0 bridgehead atoms. The van der Waals surface area contributed by atoms with Crippen LogP contribution in [-0.2, 0) is 4.74 Å². The molecule has 72 valence electrons. The van der Waals surface area contributed by atoms with E-state index in [4.69, 9.17) is 9.84 Å². The molecule has 0 atom stereocenters. The maximum absolute atomic E-state index is 11.1. The lowest BCUT2D eigenvalue weighted by molar-refractivity contribution is 0.0824. The Labute approximate surface area is 73.1 Å². The molecule has 4 heteroatoms. The molecule has 0 unspecified atom stereocenters. The smallest absolute Gasteiger partial charge is 0.409 e. The van der Waals surface area contributed by atoms with E-state index in [9.17, 15) is 4.79 Å². The standard InChI is InChI=1S/C8H17NO3/c1-7(2)12-8(11)9(3)5-4-6-10/h7,10H,4-6H2,1-3H3. The number of carbonyl (C=O) groups excluding carboxylic acids is 1. The molecular weight excluding hydrogens is 158 g/mol. The van der Waals surface area contributed by atoms with Crippen LogP contribution < -0.4 is 0 Å². The van der Waals surface area contributed by atoms with Crippen LogP contribution in [0.5, 0.6) is 0 Å². The monoisotopic (exact) mass is 175 g/mol. The molecule has 1 amide bonds. The molecule has 0 aliphatic rings. The van der Waals surface area contributed by atoms with Crippen LogP contribution in [0.1, 0.15) is 20.3 Å². The van der Waals surface area contributed by atoms with E-state index in [1.807, 2.05) is 0 Å². The summed E-state index contributed by atoms with van der Waals surface area (Å²) in [5, 5.41) is 8.50. The van der Waals surface area contributed by atoms with E-state index in [1.54, 1.807) is 20.9 Å². The molecule has 12 heavy (non-hydrogen) atoms. The Morgan fingerprint density at radius 3 is 2.58 bits per heavy atom. The van der Waals surface area contributed by atoms with Crippen molar-refractivity contribution in [3.63, 3.8) is 0 Å². The zero-order chi connectivity index (χ0) is 9.56. The minimum Gasteiger partial charge on any atom is -0.447 e. The van der Waals surface area contributed by atoms with Gasteiger partial charge in [-0.05, 0) is 20.3 Å². The van der Waals surface area contributed by atoms with Crippen LogP contribution in [0.25, 0.3) is 0 Å². The van der Waals surface area contributed by atoms with Gasteiger partial charge in [0.1, 0.15) is 0 Å². The lowest BCUT2D eigenvalue weighted by Crippen LogP contribution is -2.30. The molecule has 0 aromatic rings. The average Bonchev–Trinajstić information content (AvgIpc) is 1.98. The first-order valence-corrected chi connectivity index (χ1v) is 4.10. The van der Waals surface area contributed by atoms with Crippen LogP contribution in [-0.4, -0.2) is 42.4 Å². The first-order valence-electron chi connectivity index (χ1n) is 4.10. The third-order valence-electron chi connectivity index (χ3n) is 1.30. The first-order chi connectivity index (χ1) is 5.57. The minimum absolute atomic E-state index is 0.0888. The number of ether oxygens (including phenoxy) is 1. The van der Waals surface area contributed by atoms with Crippen LogP contribution in [0.2, 0.25) is 0 Å². The van der Waals surface area contributed by atoms with Crippen LogP contribution in [0.3, 0.4) is 0 Å². The van der Waals surface area contributed by atoms with Crippen molar-refractivity contribution in [1.29, 1.82) is 0 Å². The van der Waals surface area contributed by atoms with Gasteiger partial charge in [-0.3, -0.25) is 0 Å². The molecule has 0 aliphatic carbocycles. The van der Waals surface area contributed by atoms with Crippen molar-refractivity contribution in [1.82, 2.24) is 4.90 Å². The molecule has 0 rings (SSSR count). The molecule has 0 radical (unpaired) electrons. The molecule has 0 aromatic heterocycles. The van der Waals surface area contributed by atoms with Crippen molar-refractivity contribution in [2.75, 3.05) is 20.2 Å². The predicted octanol–water partition coefficient (Wildman–Crippen LogP) is 0.846. The maximum atomic E-state index is 11.1. The summed E-state index contributed by atoms with van der Waals surface area (Å²) < 4.78 is 4.91. The summed E-state index contributed by atoms with van der Waals surface area (Å²) in [7, 11) is 1.65. The van der Waals surface area contributed by atoms with E-state index in [-0.39, 0.29) is 18.8 Å². The van der Waals surface area contributed by atoms with Crippen molar-refractivity contribution in [3.05, 3.63) is 0 Å². The molecule has 4 nitrogen and oxygen atoms in total. The zero-order valence-corrected chi connectivity index (χ0v) is 7.91. The van der Waals surface area contributed by atoms with Gasteiger partial charge in [-0.15, -0.1) is 0 Å². The summed E-state index contributed by atoms with van der Waals surface area (Å²) in [4.78, 5) is 12.5. The van der Waals surface area contributed by atoms with Gasteiger partial charge in [0.05, 0.1) is 6.10 Å². The average molecular weight is 175 g/mol. The molecular formula is C8H17NO3. The van der Waals surface area contributed by atoms with Gasteiger partial charge in [0, 0.05) is 20.2 Å². The third-order valence-corrected chi connectivity index (χ3v) is 1.30. The van der Waals surface area contributed by atoms with Crippen molar-refractivity contribution < 1.29 is 14.6 Å². The van der Waals surface area contributed by atoms with Gasteiger partial charge in [0.2, 0.25) is 0 Å². The molecule has 0 fully saturated rings. The topological polar surface area (TPSA) is 49.8 Å². The fourth-order valence-corrected chi connectivity index (χ4v) is 0.691. The van der Waals surface area contributed by atoms with Gasteiger partial charge in [-0.2, -0.15) is 0 Å². The fourth-order valence-electron chi connectivity index (χ4n) is 0.691. The lowest BCUT2D eigenvalue weighted by atomic mass is 10.4. The van der Waals surface area contributed by atoms with Crippen molar-refractivity contribution in [2.45, 2.75) is 26.4 Å². The Hall–Kier alpha value is -0.770. The normalized spacial score (nSPS) is 10.1. The van der Waals surface area contributed by atoms with E-state index >= 15 is 0 Å². The summed E-state index contributed by atoms with van der Waals surface area (Å²) in [5.41, 5.74) is 0. The number of aliphatic hydroxyl groups is 1. The highest BCUT2D eigenvalue weighted by molar-refractivity contribution is 5.67. The number of amides is 1. The quantitative estimate of drug-likeness (QED) is 0.689. The summed E-state index contributed by atoms with van der Waals surface area (Å²) >= 11 is 0. The number of hydrogen-bond acceptors (Lipinski definition) is 3. The SMILES string of the molecule is CC(C)OC(=O)N(C)CCCO. The number of rotatable bonds is 4. The Bertz CT molecular complexity index is 136. The second kappa shape index (κ2) is 5.83. The summed E-state index contributed by atoms with van der Waals surface area (Å²) in [6.45, 7) is 4.23. The lowest BCUT2D eigenvalue weighted by Gasteiger charge is -2.17. The second-order valence-corrected chi connectivity index (χ2v) is 2.93. The van der Waals surface area contributed by atoms with Crippen molar-refractivity contribution >= 4 is 6.09 Å². The summed E-state index contributed by atoms with van der Waals surface area (Å²) in [6.07, 6.45) is 0.163. The summed E-state index contributed by atoms with van der Waals surface area (Å²) in [5.74, 6) is 0. The van der Waals surface area contributed by atoms with E-state index in [2.05, 4.69) is 0 Å². The number of aliphatic hydroxyl groups excluding tert-OH is 1. The minimum atomic E-state index is -0.335. The summed E-state index contributed by atoms with van der Waals surface area (Å²) in [6, 6.07) is 0. The van der Waals surface area contributed by atoms with E-state index in [1.165, 1.54) is 4.90 Å². The van der Waals surface area contributed by atoms with E-state index < -0.39 is 0 Å². The van der Waals surface area contributed by atoms with Crippen LogP contribution in [0, 0.1) is 0 Å². The highest BCUT2D eigenvalue weighted by Gasteiger charge is 2.10. The molecule has 0 aliphatic heterocycles. The highest BCUT2D eigenvalue weighted by Crippen LogP contribution is 1.96. The molecule has 1 N–H and O–H groups in total. The Morgan fingerprint density at radius 1 is 1.58 bits per heavy atom. The largest absolute Gasteiger partial charge is 0.447 e. The molecule has 0 heterocycles. The van der Waals surface area contributed by atoms with Gasteiger partial charge in [-0.25, -0.2) is 4.79 Å². The van der Waals surface area contributed by atoms with Gasteiger partial charge in [0.25, 0.3) is 0 Å². The Balaban J connectivity index is 3.61. The zero-order valence-electron chi connectivity index (χ0n) is 7.91. The fraction of sp³-hybridized carbons (Fsp3) is 0.875. The highest BCUT2D eigenvalue weighted by atomic mass is 16.6. The van der Waals surface area contributed by atoms with Crippen LogP contribution in [0.4, 0.5) is 4.79 Å². The van der Waals surface area contributed by atoms with Crippen LogP contribution >= 0.6 is 0 Å². The predicted molar refractivity (Wildman–Crippen MR) is 45.9 cm³/mol. The molecule has 0 saturated heterocycles. The van der Waals surface area contributed by atoms with Gasteiger partial charge in [0.15, 0.2) is 0 Å². The molecule has 0 spiro atoms. The van der Waals surface area contributed by atoms with Crippen molar-refractivity contribution in [3.8, 4) is 0 Å². The van der Waals surface area contributed by atoms with E-state index in [0.717, 1.165) is 0 Å². The number of nitrogens with zero attached hydrogens (tertiary/aromatic N) is 1. The molecule has 0 aromatic carbocycles. The molecule has 0 saturated carbocycles. The van der Waals surface area contributed by atoms with Crippen LogP contribution in [0.15, 0.2) is 0 Å². The van der Waals surface area contributed by atoms with Crippen molar-refractivity contribution in [2.24, 2.45) is 0 Å². The van der Waals surface area contributed by atoms with Gasteiger partial charge in [-0.1, -0.05) is 0 Å². The van der Waals surface area contributed by atoms with Gasteiger partial charge >= 0.3 is 6.09 Å². The number of hydrogen-bond donors (Lipinski definition) is 1. The maximum Gasteiger partial charge on any atom is 0.409 e. The second-order valence-electron chi connectivity index (χ2n) is 2.93. The Kier molecular flexibility index (Phi) is 5.45. The van der Waals surface area contributed by atoms with E-state index in [0.29, 0.717) is 13.0 Å².